The average Bonchev–Trinajstić information content (AvgIpc) is 2.95. The van der Waals surface area contributed by atoms with Gasteiger partial charge in [-0.15, -0.1) is 0 Å². The van der Waals surface area contributed by atoms with E-state index >= 15 is 0 Å². The van der Waals surface area contributed by atoms with Gasteiger partial charge in [0.2, 0.25) is 0 Å². The highest BCUT2D eigenvalue weighted by Crippen LogP contribution is 2.48. The van der Waals surface area contributed by atoms with Crippen molar-refractivity contribution in [2.45, 2.75) is 25.4 Å². The maximum atomic E-state index is 13.7. The number of hydrogen-bond acceptors (Lipinski definition) is 4. The summed E-state index contributed by atoms with van der Waals surface area (Å²) in [6, 6.07) is 35.3. The first-order valence-electron chi connectivity index (χ1n) is 12.6. The zero-order valence-corrected chi connectivity index (χ0v) is 22.5. The summed E-state index contributed by atoms with van der Waals surface area (Å²) in [5.41, 5.74) is 5.34. The van der Waals surface area contributed by atoms with Crippen LogP contribution < -0.4 is 10.2 Å². The molecule has 192 valence electrons. The molecule has 4 aromatic rings. The lowest BCUT2D eigenvalue weighted by Gasteiger charge is -2.46. The Labute approximate surface area is 233 Å². The summed E-state index contributed by atoms with van der Waals surface area (Å²) in [5.74, 6) is -0.344. The molecule has 1 N–H and O–H groups in total. The third kappa shape index (κ3) is 5.57. The minimum absolute atomic E-state index is 0.0736. The summed E-state index contributed by atoms with van der Waals surface area (Å²) in [6.07, 6.45) is 0.562. The first-order valence-corrected chi connectivity index (χ1v) is 13.4. The molecule has 1 aliphatic rings. The molecule has 0 radical (unpaired) electrons. The molecule has 0 unspecified atom stereocenters. The third-order valence-corrected chi connectivity index (χ3v) is 7.17. The van der Waals surface area contributed by atoms with E-state index in [9.17, 15) is 4.79 Å². The molecule has 5 rings (SSSR count). The molecule has 4 aromatic carbocycles. The molecule has 0 aliphatic carbocycles. The van der Waals surface area contributed by atoms with E-state index in [0.717, 1.165) is 28.2 Å². The lowest BCUT2D eigenvalue weighted by atomic mass is 9.84. The molecule has 4 nitrogen and oxygen atoms in total. The summed E-state index contributed by atoms with van der Waals surface area (Å²) in [6.45, 7) is 2.11. The lowest BCUT2D eigenvalue weighted by molar-refractivity contribution is -0.139. The van der Waals surface area contributed by atoms with Gasteiger partial charge in [0, 0.05) is 33.5 Å². The van der Waals surface area contributed by atoms with Gasteiger partial charge in [-0.2, -0.15) is 0 Å². The number of nitrogens with one attached hydrogen (secondary N) is 1. The molecule has 0 fully saturated rings. The van der Waals surface area contributed by atoms with Gasteiger partial charge in [-0.1, -0.05) is 83.9 Å². The number of hydrogen-bond donors (Lipinski definition) is 1. The molecule has 0 aromatic heterocycles. The van der Waals surface area contributed by atoms with Gasteiger partial charge >= 0.3 is 5.97 Å². The van der Waals surface area contributed by atoms with Crippen LogP contribution in [0, 0.1) is 0 Å². The summed E-state index contributed by atoms with van der Waals surface area (Å²) in [4.78, 5) is 16.0. The highest BCUT2D eigenvalue weighted by Gasteiger charge is 2.41. The van der Waals surface area contributed by atoms with Gasteiger partial charge in [0.25, 0.3) is 0 Å². The van der Waals surface area contributed by atoms with E-state index in [1.54, 1.807) is 0 Å². The Morgan fingerprint density at radius 1 is 0.816 bits per heavy atom. The van der Waals surface area contributed by atoms with Crippen molar-refractivity contribution in [3.05, 3.63) is 142 Å². The maximum Gasteiger partial charge on any atom is 0.338 e. The van der Waals surface area contributed by atoms with Crippen LogP contribution in [-0.2, 0) is 9.53 Å². The number of halogens is 2. The Kier molecular flexibility index (Phi) is 8.02. The molecule has 0 saturated carbocycles. The first kappa shape index (κ1) is 25.9. The third-order valence-electron chi connectivity index (χ3n) is 6.67. The highest BCUT2D eigenvalue weighted by molar-refractivity contribution is 6.30. The van der Waals surface area contributed by atoms with E-state index in [0.29, 0.717) is 22.0 Å². The molecule has 0 amide bonds. The number of ether oxygens (including phenoxy) is 1. The number of esters is 1. The Hall–Kier alpha value is -3.73. The monoisotopic (exact) mass is 542 g/mol. The van der Waals surface area contributed by atoms with Crippen molar-refractivity contribution in [3.63, 3.8) is 0 Å². The van der Waals surface area contributed by atoms with Crippen LogP contribution in [0.25, 0.3) is 0 Å². The number of carbonyl (C=O) groups is 1. The largest absolute Gasteiger partial charge is 0.463 e. The molecule has 1 heterocycles. The molecule has 2 atom stereocenters. The van der Waals surface area contributed by atoms with Crippen LogP contribution >= 0.6 is 23.2 Å². The van der Waals surface area contributed by atoms with Gasteiger partial charge in [-0.25, -0.2) is 4.79 Å². The van der Waals surface area contributed by atoms with Crippen LogP contribution in [0.5, 0.6) is 0 Å². The van der Waals surface area contributed by atoms with E-state index in [1.807, 2.05) is 91.9 Å². The number of benzene rings is 4. The van der Waals surface area contributed by atoms with Crippen molar-refractivity contribution >= 4 is 40.5 Å². The van der Waals surface area contributed by atoms with E-state index in [-0.39, 0.29) is 18.6 Å². The molecule has 6 heteroatoms. The zero-order chi connectivity index (χ0) is 26.5. The van der Waals surface area contributed by atoms with Crippen molar-refractivity contribution in [2.75, 3.05) is 16.8 Å². The molecule has 1 aliphatic heterocycles. The SMILES string of the molecule is CCOC(=O)C1=C(Nc2ccc(Cl)cc2)C[C@@H](c2ccccc2)N(c2ccc(Cl)cc2)[C@@H]1c1ccccc1. The fourth-order valence-corrected chi connectivity index (χ4v) is 5.27. The normalized spacial score (nSPS) is 17.3. The van der Waals surface area contributed by atoms with E-state index < -0.39 is 6.04 Å². The lowest BCUT2D eigenvalue weighted by Crippen LogP contribution is -2.41. The molecular formula is C32H28Cl2N2O2. The van der Waals surface area contributed by atoms with Crippen LogP contribution in [0.15, 0.2) is 120 Å². The van der Waals surface area contributed by atoms with Crippen molar-refractivity contribution in [1.29, 1.82) is 0 Å². The van der Waals surface area contributed by atoms with Crippen molar-refractivity contribution in [2.24, 2.45) is 0 Å². The van der Waals surface area contributed by atoms with Gasteiger partial charge in [-0.3, -0.25) is 0 Å². The predicted octanol–water partition coefficient (Wildman–Crippen LogP) is 8.62. The highest BCUT2D eigenvalue weighted by atomic mass is 35.5. The summed E-state index contributed by atoms with van der Waals surface area (Å²) < 4.78 is 5.66. The molecule has 0 spiro atoms. The summed E-state index contributed by atoms with van der Waals surface area (Å²) in [7, 11) is 0. The van der Waals surface area contributed by atoms with Gasteiger partial charge in [-0.05, 0) is 66.6 Å². The molecule has 0 bridgehead atoms. The first-order chi connectivity index (χ1) is 18.5. The van der Waals surface area contributed by atoms with Crippen LogP contribution in [0.2, 0.25) is 10.0 Å². The van der Waals surface area contributed by atoms with Gasteiger partial charge < -0.3 is 15.0 Å². The van der Waals surface area contributed by atoms with E-state index in [2.05, 4.69) is 34.5 Å². The van der Waals surface area contributed by atoms with Crippen LogP contribution in [-0.4, -0.2) is 12.6 Å². The number of nitrogens with zero attached hydrogens (tertiary/aromatic N) is 1. The minimum Gasteiger partial charge on any atom is -0.463 e. The Morgan fingerprint density at radius 2 is 1.37 bits per heavy atom. The number of anilines is 2. The van der Waals surface area contributed by atoms with E-state index in [4.69, 9.17) is 27.9 Å². The van der Waals surface area contributed by atoms with Crippen molar-refractivity contribution in [3.8, 4) is 0 Å². The average molecular weight is 543 g/mol. The van der Waals surface area contributed by atoms with Crippen LogP contribution in [0.4, 0.5) is 11.4 Å². The smallest absolute Gasteiger partial charge is 0.338 e. The Balaban J connectivity index is 1.76. The molecule has 38 heavy (non-hydrogen) atoms. The summed E-state index contributed by atoms with van der Waals surface area (Å²) >= 11 is 12.4. The number of rotatable bonds is 7. The van der Waals surface area contributed by atoms with Gasteiger partial charge in [0.05, 0.1) is 24.3 Å². The predicted molar refractivity (Wildman–Crippen MR) is 156 cm³/mol. The second-order valence-electron chi connectivity index (χ2n) is 9.07. The quantitative estimate of drug-likeness (QED) is 0.237. The maximum absolute atomic E-state index is 13.7. The molecule has 0 saturated heterocycles. The fraction of sp³-hybridized carbons (Fsp3) is 0.156. The minimum atomic E-state index is -0.412. The van der Waals surface area contributed by atoms with Crippen molar-refractivity contribution in [1.82, 2.24) is 0 Å². The Morgan fingerprint density at radius 3 is 1.95 bits per heavy atom. The fourth-order valence-electron chi connectivity index (χ4n) is 5.01. The van der Waals surface area contributed by atoms with E-state index in [1.165, 1.54) is 0 Å². The van der Waals surface area contributed by atoms with Crippen LogP contribution in [0.3, 0.4) is 0 Å². The second-order valence-corrected chi connectivity index (χ2v) is 9.94. The van der Waals surface area contributed by atoms with Crippen molar-refractivity contribution < 1.29 is 9.53 Å². The second kappa shape index (κ2) is 11.8. The Bertz CT molecular complexity index is 1410. The summed E-state index contributed by atoms with van der Waals surface area (Å²) in [5, 5.41) is 4.86. The standard InChI is InChI=1S/C32H28Cl2N2O2/c1-2-38-32(37)30-28(35-26-17-13-24(33)14-18-26)21-29(22-9-5-3-6-10-22)36(27-19-15-25(34)16-20-27)31(30)23-11-7-4-8-12-23/h3-20,29,31,35H,2,21H2,1H3/t29-,31+/m0/s1. The number of carbonyl (C=O) groups excluding carboxylic acids is 1. The topological polar surface area (TPSA) is 41.6 Å². The van der Waals surface area contributed by atoms with Gasteiger partial charge in [0.15, 0.2) is 0 Å². The van der Waals surface area contributed by atoms with Crippen LogP contribution in [0.1, 0.15) is 36.6 Å². The molecular weight excluding hydrogens is 515 g/mol. The van der Waals surface area contributed by atoms with Gasteiger partial charge in [0.1, 0.15) is 0 Å². The zero-order valence-electron chi connectivity index (χ0n) is 21.0.